The van der Waals surface area contributed by atoms with Crippen LogP contribution in [-0.4, -0.2) is 23.3 Å². The first-order chi connectivity index (χ1) is 11.5. The van der Waals surface area contributed by atoms with E-state index in [1.807, 2.05) is 6.08 Å². The van der Waals surface area contributed by atoms with E-state index in [4.69, 9.17) is 9.47 Å². The fourth-order valence-electron chi connectivity index (χ4n) is 6.81. The Kier molecular flexibility index (Phi) is 4.42. The van der Waals surface area contributed by atoms with Gasteiger partial charge in [0.1, 0.15) is 6.10 Å². The summed E-state index contributed by atoms with van der Waals surface area (Å²) in [7, 11) is 0. The van der Waals surface area contributed by atoms with Crippen LogP contribution in [0, 0.1) is 22.7 Å². The molecule has 25 heavy (non-hydrogen) atoms. The van der Waals surface area contributed by atoms with Crippen molar-refractivity contribution in [3.8, 4) is 0 Å². The summed E-state index contributed by atoms with van der Waals surface area (Å²) >= 11 is 0. The van der Waals surface area contributed by atoms with E-state index in [-0.39, 0.29) is 34.1 Å². The second-order valence-corrected chi connectivity index (χ2v) is 10.1. The molecule has 3 rings (SSSR count). The van der Waals surface area contributed by atoms with Gasteiger partial charge in [-0.15, -0.1) is 6.58 Å². The molecule has 2 saturated carbocycles. The Labute approximate surface area is 153 Å². The maximum absolute atomic E-state index is 11.6. The van der Waals surface area contributed by atoms with Crippen molar-refractivity contribution >= 4 is 5.97 Å². The molecular formula is C22H36O3. The summed E-state index contributed by atoms with van der Waals surface area (Å²) in [4.78, 5) is 11.6. The standard InChI is InChI=1S/C22H36O3/c1-8-20(5)12-9-17-21(6)13-11-18(24-15(2)23)19(3,4)16(21)10-14-22(17,7)25-20/h8,16-18H,1,9-14H2,2-7H3/t16-,17+,18-,20+,21-,22+/m0/s1. The molecule has 6 atom stereocenters. The van der Waals surface area contributed by atoms with Gasteiger partial charge in [-0.3, -0.25) is 4.79 Å². The van der Waals surface area contributed by atoms with Gasteiger partial charge < -0.3 is 9.47 Å². The Morgan fingerprint density at radius 2 is 1.68 bits per heavy atom. The normalized spacial score (nSPS) is 48.8. The number of carbonyl (C=O) groups is 1. The van der Waals surface area contributed by atoms with E-state index < -0.39 is 0 Å². The van der Waals surface area contributed by atoms with Gasteiger partial charge in [-0.25, -0.2) is 0 Å². The number of rotatable bonds is 2. The summed E-state index contributed by atoms with van der Waals surface area (Å²) in [6, 6.07) is 0. The van der Waals surface area contributed by atoms with Crippen molar-refractivity contribution in [1.82, 2.24) is 0 Å². The average Bonchev–Trinajstić information content (AvgIpc) is 2.49. The third-order valence-corrected chi connectivity index (χ3v) is 8.07. The molecular weight excluding hydrogens is 312 g/mol. The summed E-state index contributed by atoms with van der Waals surface area (Å²) in [5.74, 6) is 0.974. The van der Waals surface area contributed by atoms with Crippen LogP contribution in [-0.2, 0) is 14.3 Å². The fourth-order valence-corrected chi connectivity index (χ4v) is 6.81. The molecule has 142 valence electrons. The SMILES string of the molecule is C=C[C@]1(C)CC[C@@H]2[C@@]3(C)CC[C@H](OC(C)=O)C(C)(C)[C@@H]3CC[C@@]2(C)O1. The minimum atomic E-state index is -0.196. The Hall–Kier alpha value is -0.830. The first-order valence-electron chi connectivity index (χ1n) is 9.98. The maximum Gasteiger partial charge on any atom is 0.302 e. The first kappa shape index (κ1) is 18.9. The van der Waals surface area contributed by atoms with Gasteiger partial charge in [0.25, 0.3) is 0 Å². The van der Waals surface area contributed by atoms with E-state index in [1.54, 1.807) is 0 Å². The van der Waals surface area contributed by atoms with Gasteiger partial charge in [0.2, 0.25) is 0 Å². The third-order valence-electron chi connectivity index (χ3n) is 8.07. The lowest BCUT2D eigenvalue weighted by molar-refractivity contribution is -0.263. The molecule has 0 unspecified atom stereocenters. The van der Waals surface area contributed by atoms with Crippen molar-refractivity contribution in [1.29, 1.82) is 0 Å². The van der Waals surface area contributed by atoms with Gasteiger partial charge in [-0.1, -0.05) is 26.8 Å². The van der Waals surface area contributed by atoms with E-state index in [0.717, 1.165) is 32.1 Å². The monoisotopic (exact) mass is 348 g/mol. The third kappa shape index (κ3) is 2.87. The van der Waals surface area contributed by atoms with E-state index in [2.05, 4.69) is 41.2 Å². The van der Waals surface area contributed by atoms with Crippen molar-refractivity contribution < 1.29 is 14.3 Å². The number of hydrogen-bond acceptors (Lipinski definition) is 3. The zero-order chi connectivity index (χ0) is 18.7. The molecule has 0 amide bonds. The fraction of sp³-hybridized carbons (Fsp3) is 0.864. The summed E-state index contributed by atoms with van der Waals surface area (Å²) in [5.41, 5.74) is -0.00939. The molecule has 2 aliphatic carbocycles. The average molecular weight is 349 g/mol. The number of esters is 1. The molecule has 3 fully saturated rings. The summed E-state index contributed by atoms with van der Waals surface area (Å²) in [6.07, 6.45) is 8.57. The van der Waals surface area contributed by atoms with Crippen molar-refractivity contribution in [2.45, 2.75) is 97.4 Å². The molecule has 0 radical (unpaired) electrons. The zero-order valence-corrected chi connectivity index (χ0v) is 17.0. The molecule has 0 aromatic rings. The van der Waals surface area contributed by atoms with Crippen molar-refractivity contribution in [2.24, 2.45) is 22.7 Å². The van der Waals surface area contributed by atoms with Gasteiger partial charge in [0.15, 0.2) is 0 Å². The first-order valence-corrected chi connectivity index (χ1v) is 9.98. The van der Waals surface area contributed by atoms with Crippen molar-refractivity contribution in [2.75, 3.05) is 0 Å². The second kappa shape index (κ2) is 5.84. The summed E-state index contributed by atoms with van der Waals surface area (Å²) < 4.78 is 12.4. The number of fused-ring (bicyclic) bond motifs is 3. The smallest absolute Gasteiger partial charge is 0.302 e. The Morgan fingerprint density at radius 3 is 2.28 bits per heavy atom. The molecule has 0 bridgehead atoms. The molecule has 0 N–H and O–H groups in total. The topological polar surface area (TPSA) is 35.5 Å². The predicted octanol–water partition coefficient (Wildman–Crippen LogP) is 5.28. The number of hydrogen-bond donors (Lipinski definition) is 0. The van der Waals surface area contributed by atoms with Crippen LogP contribution in [0.1, 0.15) is 80.1 Å². The van der Waals surface area contributed by atoms with Gasteiger partial charge in [0.05, 0.1) is 11.2 Å². The highest BCUT2D eigenvalue weighted by atomic mass is 16.5. The minimum Gasteiger partial charge on any atom is -0.462 e. The summed E-state index contributed by atoms with van der Waals surface area (Å²) in [5, 5.41) is 0. The molecule has 1 saturated heterocycles. The molecule has 3 nitrogen and oxygen atoms in total. The Morgan fingerprint density at radius 1 is 1.04 bits per heavy atom. The quantitative estimate of drug-likeness (QED) is 0.503. The second-order valence-electron chi connectivity index (χ2n) is 10.1. The molecule has 0 spiro atoms. The lowest BCUT2D eigenvalue weighted by Crippen LogP contribution is -2.64. The van der Waals surface area contributed by atoms with Gasteiger partial charge >= 0.3 is 5.97 Å². The Balaban J connectivity index is 1.90. The van der Waals surface area contributed by atoms with Crippen molar-refractivity contribution in [3.63, 3.8) is 0 Å². The van der Waals surface area contributed by atoms with Crippen LogP contribution < -0.4 is 0 Å². The van der Waals surface area contributed by atoms with Crippen LogP contribution in [0.4, 0.5) is 0 Å². The van der Waals surface area contributed by atoms with E-state index in [9.17, 15) is 4.79 Å². The van der Waals surface area contributed by atoms with Crippen LogP contribution in [0.2, 0.25) is 0 Å². The molecule has 3 heteroatoms. The van der Waals surface area contributed by atoms with Crippen LogP contribution in [0.5, 0.6) is 0 Å². The molecule has 0 aromatic carbocycles. The maximum atomic E-state index is 11.6. The lowest BCUT2D eigenvalue weighted by atomic mass is 9.44. The van der Waals surface area contributed by atoms with Gasteiger partial charge in [-0.2, -0.15) is 0 Å². The Bertz CT molecular complexity index is 568. The van der Waals surface area contributed by atoms with E-state index >= 15 is 0 Å². The molecule has 3 aliphatic rings. The largest absolute Gasteiger partial charge is 0.462 e. The van der Waals surface area contributed by atoms with E-state index in [1.165, 1.54) is 13.3 Å². The van der Waals surface area contributed by atoms with Crippen LogP contribution in [0.3, 0.4) is 0 Å². The van der Waals surface area contributed by atoms with Gasteiger partial charge in [0, 0.05) is 12.3 Å². The minimum absolute atomic E-state index is 0.0131. The number of carbonyl (C=O) groups excluding carboxylic acids is 1. The molecule has 0 aromatic heterocycles. The molecule has 1 heterocycles. The van der Waals surface area contributed by atoms with Gasteiger partial charge in [-0.05, 0) is 69.6 Å². The lowest BCUT2D eigenvalue weighted by Gasteiger charge is -2.66. The van der Waals surface area contributed by atoms with Crippen LogP contribution >= 0.6 is 0 Å². The zero-order valence-electron chi connectivity index (χ0n) is 17.0. The van der Waals surface area contributed by atoms with E-state index in [0.29, 0.717) is 11.8 Å². The summed E-state index contributed by atoms with van der Waals surface area (Å²) in [6.45, 7) is 17.1. The number of ether oxygens (including phenoxy) is 2. The highest BCUT2D eigenvalue weighted by Crippen LogP contribution is 2.65. The van der Waals surface area contributed by atoms with Crippen LogP contribution in [0.25, 0.3) is 0 Å². The highest BCUT2D eigenvalue weighted by molar-refractivity contribution is 5.66. The predicted molar refractivity (Wildman–Crippen MR) is 100 cm³/mol. The van der Waals surface area contributed by atoms with Crippen LogP contribution in [0.15, 0.2) is 12.7 Å². The highest BCUT2D eigenvalue weighted by Gasteiger charge is 2.63. The molecule has 1 aliphatic heterocycles. The van der Waals surface area contributed by atoms with Crippen molar-refractivity contribution in [3.05, 3.63) is 12.7 Å².